The van der Waals surface area contributed by atoms with Gasteiger partial charge in [0, 0.05) is 22.6 Å². The summed E-state index contributed by atoms with van der Waals surface area (Å²) in [6, 6.07) is 25.0. The van der Waals surface area contributed by atoms with Crippen molar-refractivity contribution in [3.05, 3.63) is 107 Å². The van der Waals surface area contributed by atoms with E-state index < -0.39 is 10.8 Å². The lowest BCUT2D eigenvalue weighted by Crippen LogP contribution is -2.27. The van der Waals surface area contributed by atoms with Crippen LogP contribution in [0.4, 0.5) is 0 Å². The lowest BCUT2D eigenvalue weighted by molar-refractivity contribution is 0.0951. The lowest BCUT2D eigenvalue weighted by Gasteiger charge is -2.13. The summed E-state index contributed by atoms with van der Waals surface area (Å²) in [5.41, 5.74) is 4.34. The molecule has 1 heterocycles. The molecule has 0 saturated carbocycles. The van der Waals surface area contributed by atoms with Gasteiger partial charge < -0.3 is 9.73 Å². The van der Waals surface area contributed by atoms with E-state index in [-0.39, 0.29) is 11.8 Å². The smallest absolute Gasteiger partial charge is 0.251 e. The van der Waals surface area contributed by atoms with Crippen molar-refractivity contribution in [3.8, 4) is 11.5 Å². The monoisotopic (exact) mass is 472 g/mol. The van der Waals surface area contributed by atoms with Crippen LogP contribution in [0.25, 0.3) is 11.5 Å². The fraction of sp³-hybridized carbons (Fsp3) is 0.214. The Morgan fingerprint density at radius 2 is 1.65 bits per heavy atom. The summed E-state index contributed by atoms with van der Waals surface area (Å²) in [4.78, 5) is 17.9. The molecule has 174 valence electrons. The standard InChI is InChI=1S/C28H28N2O3S/c1-19-9-15-25(16-10-19)34(32)18-26-21(3)33-28(30-26)24-13-11-23(12-14-24)27(31)29-17-20(2)22-7-5-4-6-8-22/h4-16,20H,17-18H2,1-3H3,(H,29,31). The van der Waals surface area contributed by atoms with Gasteiger partial charge in [-0.05, 0) is 61.7 Å². The molecule has 4 rings (SSSR count). The van der Waals surface area contributed by atoms with Crippen molar-refractivity contribution < 1.29 is 13.4 Å². The number of benzene rings is 3. The van der Waals surface area contributed by atoms with E-state index in [2.05, 4.69) is 29.4 Å². The predicted octanol–water partition coefficient (Wildman–Crippen LogP) is 5.80. The summed E-state index contributed by atoms with van der Waals surface area (Å²) in [6.07, 6.45) is 0. The molecule has 0 spiro atoms. The first-order valence-corrected chi connectivity index (χ1v) is 12.6. The molecular formula is C28H28N2O3S. The molecule has 3 aromatic carbocycles. The normalized spacial score (nSPS) is 12.8. The average Bonchev–Trinajstić information content (AvgIpc) is 3.23. The maximum atomic E-state index is 12.7. The fourth-order valence-corrected chi connectivity index (χ4v) is 4.72. The van der Waals surface area contributed by atoms with Gasteiger partial charge in [-0.2, -0.15) is 0 Å². The third-order valence-corrected chi connectivity index (χ3v) is 7.11. The average molecular weight is 473 g/mol. The highest BCUT2D eigenvalue weighted by molar-refractivity contribution is 7.84. The number of nitrogens with one attached hydrogen (secondary N) is 1. The van der Waals surface area contributed by atoms with Crippen molar-refractivity contribution >= 4 is 16.7 Å². The van der Waals surface area contributed by atoms with Gasteiger partial charge in [-0.1, -0.05) is 55.0 Å². The molecule has 1 amide bonds. The van der Waals surface area contributed by atoms with Gasteiger partial charge in [0.1, 0.15) is 5.76 Å². The minimum absolute atomic E-state index is 0.118. The van der Waals surface area contributed by atoms with Crippen molar-refractivity contribution in [1.82, 2.24) is 10.3 Å². The molecular weight excluding hydrogens is 444 g/mol. The fourth-order valence-electron chi connectivity index (χ4n) is 3.59. The zero-order valence-electron chi connectivity index (χ0n) is 19.6. The Bertz CT molecular complexity index is 1280. The first-order chi connectivity index (χ1) is 16.4. The molecule has 0 radical (unpaired) electrons. The molecule has 1 N–H and O–H groups in total. The van der Waals surface area contributed by atoms with Crippen LogP contribution in [0.2, 0.25) is 0 Å². The van der Waals surface area contributed by atoms with Gasteiger partial charge in [-0.25, -0.2) is 4.98 Å². The molecule has 2 unspecified atom stereocenters. The molecule has 2 atom stereocenters. The van der Waals surface area contributed by atoms with Crippen LogP contribution in [0.5, 0.6) is 0 Å². The first kappa shape index (κ1) is 23.6. The van der Waals surface area contributed by atoms with Crippen LogP contribution >= 0.6 is 0 Å². The van der Waals surface area contributed by atoms with Gasteiger partial charge in [-0.15, -0.1) is 0 Å². The van der Waals surface area contributed by atoms with Crippen LogP contribution in [0.15, 0.2) is 88.2 Å². The van der Waals surface area contributed by atoms with Crippen molar-refractivity contribution in [2.75, 3.05) is 6.54 Å². The Kier molecular flexibility index (Phi) is 7.38. The summed E-state index contributed by atoms with van der Waals surface area (Å²) < 4.78 is 18.6. The van der Waals surface area contributed by atoms with E-state index in [1.807, 2.05) is 68.4 Å². The van der Waals surface area contributed by atoms with Gasteiger partial charge >= 0.3 is 0 Å². The van der Waals surface area contributed by atoms with E-state index in [4.69, 9.17) is 4.42 Å². The van der Waals surface area contributed by atoms with Crippen LogP contribution in [0.3, 0.4) is 0 Å². The number of amides is 1. The third kappa shape index (κ3) is 5.69. The minimum atomic E-state index is -1.20. The predicted molar refractivity (Wildman–Crippen MR) is 135 cm³/mol. The van der Waals surface area contributed by atoms with Crippen molar-refractivity contribution in [2.45, 2.75) is 37.3 Å². The molecule has 0 aliphatic rings. The van der Waals surface area contributed by atoms with E-state index in [1.54, 1.807) is 12.1 Å². The van der Waals surface area contributed by atoms with Crippen molar-refractivity contribution in [1.29, 1.82) is 0 Å². The maximum Gasteiger partial charge on any atom is 0.251 e. The Morgan fingerprint density at radius 3 is 2.32 bits per heavy atom. The van der Waals surface area contributed by atoms with Crippen molar-refractivity contribution in [2.24, 2.45) is 0 Å². The number of oxazole rings is 1. The molecule has 0 bridgehead atoms. The van der Waals surface area contributed by atoms with E-state index in [1.165, 1.54) is 5.56 Å². The largest absolute Gasteiger partial charge is 0.441 e. The number of aromatic nitrogens is 1. The molecule has 0 saturated heterocycles. The summed E-state index contributed by atoms with van der Waals surface area (Å²) >= 11 is 0. The maximum absolute atomic E-state index is 12.7. The summed E-state index contributed by atoms with van der Waals surface area (Å²) in [5.74, 6) is 1.50. The Morgan fingerprint density at radius 1 is 0.971 bits per heavy atom. The number of carbonyl (C=O) groups is 1. The highest BCUT2D eigenvalue weighted by Gasteiger charge is 2.16. The quantitative estimate of drug-likeness (QED) is 0.352. The topological polar surface area (TPSA) is 72.2 Å². The molecule has 4 aromatic rings. The lowest BCUT2D eigenvalue weighted by atomic mass is 10.0. The first-order valence-electron chi connectivity index (χ1n) is 11.3. The number of nitrogens with zero attached hydrogens (tertiary/aromatic N) is 1. The summed E-state index contributed by atoms with van der Waals surface area (Å²) in [7, 11) is -1.20. The van der Waals surface area contributed by atoms with Crippen molar-refractivity contribution in [3.63, 3.8) is 0 Å². The van der Waals surface area contributed by atoms with Crippen LogP contribution in [-0.4, -0.2) is 21.6 Å². The van der Waals surface area contributed by atoms with Crippen LogP contribution in [-0.2, 0) is 16.6 Å². The van der Waals surface area contributed by atoms with Gasteiger partial charge in [-0.3, -0.25) is 9.00 Å². The molecule has 0 aliphatic heterocycles. The zero-order valence-corrected chi connectivity index (χ0v) is 20.4. The highest BCUT2D eigenvalue weighted by Crippen LogP contribution is 2.24. The van der Waals surface area contributed by atoms with Gasteiger partial charge in [0.05, 0.1) is 22.2 Å². The van der Waals surface area contributed by atoms with Crippen LogP contribution < -0.4 is 5.32 Å². The zero-order chi connectivity index (χ0) is 24.1. The Balaban J connectivity index is 1.39. The molecule has 0 aliphatic carbocycles. The Hall–Kier alpha value is -3.51. The molecule has 34 heavy (non-hydrogen) atoms. The SMILES string of the molecule is Cc1ccc(S(=O)Cc2nc(-c3ccc(C(=O)NCC(C)c4ccccc4)cc3)oc2C)cc1. The molecule has 6 heteroatoms. The van der Waals surface area contributed by atoms with Crippen LogP contribution in [0, 0.1) is 13.8 Å². The van der Waals surface area contributed by atoms with E-state index in [9.17, 15) is 9.00 Å². The number of rotatable bonds is 8. The molecule has 5 nitrogen and oxygen atoms in total. The summed E-state index contributed by atoms with van der Waals surface area (Å²) in [6.45, 7) is 6.48. The molecule has 0 fully saturated rings. The summed E-state index contributed by atoms with van der Waals surface area (Å²) in [5, 5.41) is 3.00. The van der Waals surface area contributed by atoms with Gasteiger partial charge in [0.25, 0.3) is 5.91 Å². The van der Waals surface area contributed by atoms with Gasteiger partial charge in [0.2, 0.25) is 5.89 Å². The second-order valence-electron chi connectivity index (χ2n) is 8.42. The number of aryl methyl sites for hydroxylation is 2. The Labute approximate surface area is 202 Å². The molecule has 1 aromatic heterocycles. The number of hydrogen-bond acceptors (Lipinski definition) is 4. The number of carbonyl (C=O) groups excluding carboxylic acids is 1. The second kappa shape index (κ2) is 10.6. The van der Waals surface area contributed by atoms with Crippen LogP contribution in [0.1, 0.15) is 45.8 Å². The van der Waals surface area contributed by atoms with E-state index in [0.717, 1.165) is 16.0 Å². The number of hydrogen-bond donors (Lipinski definition) is 1. The highest BCUT2D eigenvalue weighted by atomic mass is 32.2. The minimum Gasteiger partial charge on any atom is -0.441 e. The van der Waals surface area contributed by atoms with E-state index in [0.29, 0.717) is 35.2 Å². The van der Waals surface area contributed by atoms with E-state index >= 15 is 0 Å². The second-order valence-corrected chi connectivity index (χ2v) is 9.88. The van der Waals surface area contributed by atoms with Gasteiger partial charge in [0.15, 0.2) is 0 Å². The third-order valence-electron chi connectivity index (χ3n) is 5.78.